The van der Waals surface area contributed by atoms with Crippen molar-refractivity contribution in [2.45, 2.75) is 155 Å². The van der Waals surface area contributed by atoms with Gasteiger partial charge < -0.3 is 39.4 Å². The number of carbonyl (C=O) groups excluding carboxylic acids is 2. The van der Waals surface area contributed by atoms with Gasteiger partial charge in [-0.05, 0) is 131 Å². The second-order valence-electron chi connectivity index (χ2n) is 28.0. The number of aliphatic hydroxyl groups excluding tert-OH is 2. The fourth-order valence-corrected chi connectivity index (χ4v) is 11.2. The fraction of sp³-hybridized carbons (Fsp3) is 0.389. The fourth-order valence-electron chi connectivity index (χ4n) is 10.1. The zero-order valence-electron chi connectivity index (χ0n) is 57.1. The molecule has 98 heavy (non-hydrogen) atoms. The molecule has 0 bridgehead atoms. The van der Waals surface area contributed by atoms with E-state index in [4.69, 9.17) is 77.4 Å². The highest BCUT2D eigenvalue weighted by Gasteiger charge is 2.52. The van der Waals surface area contributed by atoms with Crippen LogP contribution in [-0.4, -0.2) is 136 Å². The highest BCUT2D eigenvalue weighted by Crippen LogP contribution is 2.38. The van der Waals surface area contributed by atoms with Crippen LogP contribution in [0.25, 0.3) is 33.4 Å². The molecule has 3 saturated heterocycles. The number of likely N-dealkylation sites (tertiary alicyclic amines) is 2. The molecule has 9 heterocycles. The van der Waals surface area contributed by atoms with E-state index in [9.17, 15) is 28.6 Å². The monoisotopic (exact) mass is 1440 g/mol. The van der Waals surface area contributed by atoms with Gasteiger partial charge >= 0.3 is 14.2 Å². The molecule has 8 aromatic rings. The van der Waals surface area contributed by atoms with Crippen LogP contribution < -0.4 is 10.9 Å². The summed E-state index contributed by atoms with van der Waals surface area (Å²) in [4.78, 5) is 53.3. The van der Waals surface area contributed by atoms with Crippen molar-refractivity contribution in [2.75, 3.05) is 26.2 Å². The Labute approximate surface area is 597 Å². The third-order valence-corrected chi connectivity index (χ3v) is 18.2. The first kappa shape index (κ1) is 78.7. The Morgan fingerprint density at radius 2 is 0.867 bits per heavy atom. The van der Waals surface area contributed by atoms with Crippen molar-refractivity contribution >= 4 is 95.0 Å². The number of nitrogens with zero attached hydrogens (tertiary/aromatic N) is 8. The van der Waals surface area contributed by atoms with E-state index in [1.165, 1.54) is 55.4 Å². The largest absolute Gasteiger partial charge is 0.494 e. The van der Waals surface area contributed by atoms with E-state index >= 15 is 4.39 Å². The third-order valence-electron chi connectivity index (χ3n) is 16.8. The molecule has 11 rings (SSSR count). The number of benzene rings is 2. The molecule has 0 unspecified atom stereocenters. The maximum Gasteiger partial charge on any atom is 0.494 e. The average molecular weight is 1440 g/mol. The van der Waals surface area contributed by atoms with E-state index < -0.39 is 24.6 Å². The normalized spacial score (nSPS) is 15.5. The molecule has 16 nitrogen and oxygen atoms in total. The first-order valence-corrected chi connectivity index (χ1v) is 33.7. The lowest BCUT2D eigenvalue weighted by Gasteiger charge is -2.32. The zero-order valence-corrected chi connectivity index (χ0v) is 60.9. The summed E-state index contributed by atoms with van der Waals surface area (Å²) >= 11 is 28.7. The molecule has 3 aliphatic heterocycles. The molecular weight excluding hydrogens is 1360 g/mol. The van der Waals surface area contributed by atoms with Crippen LogP contribution in [0.15, 0.2) is 129 Å². The summed E-state index contributed by atoms with van der Waals surface area (Å²) in [5, 5.41) is 37.5. The summed E-state index contributed by atoms with van der Waals surface area (Å²) in [6, 6.07) is 20.6. The number of halogens is 8. The van der Waals surface area contributed by atoms with E-state index in [0.717, 1.165) is 28.1 Å². The predicted octanol–water partition coefficient (Wildman–Crippen LogP) is 14.6. The second-order valence-corrected chi connectivity index (χ2v) is 30.0. The van der Waals surface area contributed by atoms with Gasteiger partial charge in [-0.3, -0.25) is 39.5 Å². The van der Waals surface area contributed by atoms with E-state index in [2.05, 4.69) is 126 Å². The van der Waals surface area contributed by atoms with Crippen LogP contribution in [0.4, 0.5) is 13.2 Å². The van der Waals surface area contributed by atoms with Gasteiger partial charge in [0.05, 0.1) is 38.5 Å². The molecule has 2 amide bonds. The summed E-state index contributed by atoms with van der Waals surface area (Å²) < 4.78 is 54.1. The van der Waals surface area contributed by atoms with E-state index in [-0.39, 0.29) is 94.7 Å². The lowest BCUT2D eigenvalue weighted by atomic mass is 9.77. The number of carbonyl (C=O) groups is 2. The highest BCUT2D eigenvalue weighted by molar-refractivity contribution is 6.63. The van der Waals surface area contributed by atoms with Crippen LogP contribution in [0.3, 0.4) is 0 Å². The summed E-state index contributed by atoms with van der Waals surface area (Å²) in [5.74, 6) is -1.80. The van der Waals surface area contributed by atoms with Crippen molar-refractivity contribution in [3.8, 4) is 33.4 Å². The van der Waals surface area contributed by atoms with E-state index in [0.29, 0.717) is 85.2 Å². The molecule has 0 atom stereocenters. The molecule has 4 N–H and O–H groups in total. The maximum absolute atomic E-state index is 15.6. The van der Waals surface area contributed by atoms with Crippen molar-refractivity contribution in [3.63, 3.8) is 0 Å². The predicted molar refractivity (Wildman–Crippen MR) is 384 cm³/mol. The molecule has 0 radical (unpaired) electrons. The lowest BCUT2D eigenvalue weighted by Crippen LogP contribution is -2.41. The summed E-state index contributed by atoms with van der Waals surface area (Å²) in [5.41, 5.74) is 6.98. The third kappa shape index (κ3) is 20.6. The minimum atomic E-state index is -1.65. The van der Waals surface area contributed by atoms with Gasteiger partial charge in [0.2, 0.25) is 0 Å². The van der Waals surface area contributed by atoms with Crippen LogP contribution >= 0.6 is 58.0 Å². The Balaban J connectivity index is 0.000000182. The summed E-state index contributed by atoms with van der Waals surface area (Å²) in [6.45, 7) is 29.1. The summed E-state index contributed by atoms with van der Waals surface area (Å²) in [6.07, 6.45) is 14.9. The van der Waals surface area contributed by atoms with Crippen LogP contribution in [0.2, 0.25) is 25.1 Å². The Morgan fingerprint density at radius 1 is 0.490 bits per heavy atom. The van der Waals surface area contributed by atoms with Crippen LogP contribution in [0.1, 0.15) is 153 Å². The molecule has 6 aromatic heterocycles. The Kier molecular flexibility index (Phi) is 26.7. The lowest BCUT2D eigenvalue weighted by molar-refractivity contribution is 0.00578. The van der Waals surface area contributed by atoms with Gasteiger partial charge in [-0.15, -0.1) is 0 Å². The Hall–Kier alpha value is -6.59. The van der Waals surface area contributed by atoms with Crippen LogP contribution in [-0.2, 0) is 25.6 Å². The van der Waals surface area contributed by atoms with Gasteiger partial charge in [-0.2, -0.15) is 0 Å². The van der Waals surface area contributed by atoms with Crippen molar-refractivity contribution in [2.24, 2.45) is 0 Å². The van der Waals surface area contributed by atoms with Gasteiger partial charge in [0.25, 0.3) is 11.8 Å². The number of amides is 2. The number of aliphatic hydroxyl groups is 2. The van der Waals surface area contributed by atoms with Crippen molar-refractivity contribution < 1.29 is 52.3 Å². The number of pyridine rings is 6. The van der Waals surface area contributed by atoms with Crippen LogP contribution in [0, 0.1) is 17.5 Å². The van der Waals surface area contributed by atoms with Gasteiger partial charge in [0.15, 0.2) is 11.6 Å². The Morgan fingerprint density at radius 3 is 1.29 bits per heavy atom. The molecule has 0 aliphatic carbocycles. The number of piperidine rings is 2. The number of hydrogen-bond acceptors (Lipinski definition) is 14. The van der Waals surface area contributed by atoms with Gasteiger partial charge in [0, 0.05) is 164 Å². The number of rotatable bonds is 7. The minimum absolute atomic E-state index is 0.0274. The molecule has 3 aliphatic rings. The molecular formula is C72H82B2Cl5F3N8O8. The molecule has 0 spiro atoms. The first-order valence-electron chi connectivity index (χ1n) is 31.8. The summed E-state index contributed by atoms with van der Waals surface area (Å²) in [7, 11) is -1.96. The zero-order chi connectivity index (χ0) is 72.4. The minimum Gasteiger partial charge on any atom is -0.423 e. The van der Waals surface area contributed by atoms with E-state index in [1.807, 2.05) is 24.4 Å². The van der Waals surface area contributed by atoms with Gasteiger partial charge in [0.1, 0.15) is 5.82 Å². The Bertz CT molecular complexity index is 4050. The maximum atomic E-state index is 15.6. The topological polar surface area (TPSA) is 217 Å². The highest BCUT2D eigenvalue weighted by atomic mass is 35.5. The smallest absolute Gasteiger partial charge is 0.423 e. The molecule has 0 saturated carbocycles. The molecule has 3 fully saturated rings. The SMILES string of the molecule is CC(C)(C)c1cc(-c2cncc(-c3ccc(C(=O)N4CCC(O)CC4)cc3Cl)c2F)ccn1.CC(C)(C)c1cc(-c2cncc(Cl)c2F)ccn1.CC(C)(C)c1cc(B2OC(C)(C)C(C)(C)O2)ccn1.Fc1c(Cl)cncc1Cl.O=C(c1ccc(B(O)O)c(Cl)c1)N1CCC(O)CC1. The standard InChI is InChI=1S/C26H27ClFN3O2.C15H24BNO2.C14H14ClFN2.C12H15BClNO4.C5H2Cl2FN/c1-26(2,3)23-13-16(6-9-30-23)20-14-29-15-21(24(20)28)19-5-4-17(12-22(19)27)25(33)31-10-7-18(32)8-11-31;1-13(2,3)12-10-11(8-9-17-12)16-18-14(4,5)15(6,7)19-16;1-14(2,3)12-6-9(4-5-18-12)10-7-17-8-11(15)13(10)16;14-11-7-8(1-2-10(11)13(18)19)12(17)15-5-3-9(16)4-6-15;6-3-1-9-2-4(7)5(3)8/h4-6,9,12-15,18,32H,7-8,10-11H2,1-3H3;8-10H,1-7H3;4-8H,1-3H3;1-2,7,9,16,18-19H,3-6H2;1-2H. The van der Waals surface area contributed by atoms with Gasteiger partial charge in [-0.25, -0.2) is 13.2 Å². The average Bonchev–Trinajstić information content (AvgIpc) is 1.55. The number of hydrogen-bond donors (Lipinski definition) is 4. The number of aromatic nitrogens is 6. The molecule has 26 heteroatoms. The van der Waals surface area contributed by atoms with Gasteiger partial charge in [-0.1, -0.05) is 132 Å². The van der Waals surface area contributed by atoms with E-state index in [1.54, 1.807) is 52.5 Å². The van der Waals surface area contributed by atoms with Crippen molar-refractivity contribution in [1.82, 2.24) is 39.7 Å². The first-order chi connectivity index (χ1) is 45.8. The van der Waals surface area contributed by atoms with Crippen LogP contribution in [0.5, 0.6) is 0 Å². The molecule has 520 valence electrons. The van der Waals surface area contributed by atoms with Crippen molar-refractivity contribution in [1.29, 1.82) is 0 Å². The molecule has 2 aromatic carbocycles. The second kappa shape index (κ2) is 33.3. The van der Waals surface area contributed by atoms with Crippen molar-refractivity contribution in [3.05, 3.63) is 199 Å². The quantitative estimate of drug-likeness (QED) is 0.109.